The molecule has 0 N–H and O–H groups in total. The second kappa shape index (κ2) is 14.9. The summed E-state index contributed by atoms with van der Waals surface area (Å²) in [5, 5.41) is 7.45. The Morgan fingerprint density at radius 2 is 0.873 bits per heavy atom. The Morgan fingerprint density at radius 3 is 1.62 bits per heavy atom. The van der Waals surface area contributed by atoms with Crippen molar-refractivity contribution in [2.24, 2.45) is 0 Å². The molecule has 1 atom stereocenters. The van der Waals surface area contributed by atoms with Gasteiger partial charge in [0.25, 0.3) is 0 Å². The number of benzene rings is 11. The number of fused-ring (bicyclic) bond motifs is 7. The van der Waals surface area contributed by atoms with E-state index in [0.717, 1.165) is 17.1 Å². The minimum absolute atomic E-state index is 0.331. The summed E-state index contributed by atoms with van der Waals surface area (Å²) in [4.78, 5) is 2.50. The fourth-order valence-corrected chi connectivity index (χ4v) is 10.5. The Kier molecular flexibility index (Phi) is 8.69. The first-order chi connectivity index (χ1) is 31.1. The van der Waals surface area contributed by atoms with Gasteiger partial charge >= 0.3 is 0 Å². The highest BCUT2D eigenvalue weighted by Crippen LogP contribution is 2.57. The molecule has 1 aliphatic carbocycles. The van der Waals surface area contributed by atoms with Gasteiger partial charge in [0.1, 0.15) is 0 Å². The number of anilines is 3. The largest absolute Gasteiger partial charge is 0.310 e. The summed E-state index contributed by atoms with van der Waals surface area (Å²) in [6, 6.07) is 89.4. The van der Waals surface area contributed by atoms with Crippen molar-refractivity contribution in [1.29, 1.82) is 0 Å². The Morgan fingerprint density at radius 1 is 0.317 bits per heavy atom. The van der Waals surface area contributed by atoms with Crippen LogP contribution in [0.25, 0.3) is 76.8 Å². The summed E-state index contributed by atoms with van der Waals surface area (Å²) in [7, 11) is 0. The van der Waals surface area contributed by atoms with E-state index in [-0.39, 0.29) is 5.41 Å². The molecule has 0 saturated carbocycles. The van der Waals surface area contributed by atoms with Crippen LogP contribution in [0.5, 0.6) is 0 Å². The van der Waals surface area contributed by atoms with Crippen LogP contribution in [0.2, 0.25) is 0 Å². The molecule has 1 unspecified atom stereocenters. The molecule has 0 aliphatic heterocycles. The summed E-state index contributed by atoms with van der Waals surface area (Å²) in [6.07, 6.45) is 0. The molecular formula is C62H43N. The standard InChI is InChI=1S/C62H43N/c1-62(48-24-9-4-10-25-48)56-29-16-15-28-54(56)61-57(62)30-17-31-58(61)63(49-36-34-43(35-37-49)47-33-32-42-18-11-12-23-46(42)40-47)50-38-39-52-51-26-13-14-27-53(51)59(44-19-5-2-6-20-44)60(55(52)41-50)45-21-7-3-8-22-45/h2-41H,1H3. The molecule has 0 heterocycles. The zero-order valence-corrected chi connectivity index (χ0v) is 35.0. The summed E-state index contributed by atoms with van der Waals surface area (Å²) < 4.78 is 0. The Balaban J connectivity index is 1.14. The summed E-state index contributed by atoms with van der Waals surface area (Å²) >= 11 is 0. The third-order valence-corrected chi connectivity index (χ3v) is 13.5. The highest BCUT2D eigenvalue weighted by atomic mass is 15.1. The monoisotopic (exact) mass is 801 g/mol. The van der Waals surface area contributed by atoms with Crippen LogP contribution in [0, 0.1) is 0 Å². The molecular weight excluding hydrogens is 759 g/mol. The van der Waals surface area contributed by atoms with Crippen molar-refractivity contribution in [1.82, 2.24) is 0 Å². The SMILES string of the molecule is CC1(c2ccccc2)c2ccccc2-c2c(N(c3ccc(-c4ccc5ccccc5c4)cc3)c3ccc4c(c3)c(-c3ccccc3)c(-c3ccccc3)c3ccccc34)cccc21. The van der Waals surface area contributed by atoms with Crippen molar-refractivity contribution in [3.05, 3.63) is 259 Å². The van der Waals surface area contributed by atoms with Gasteiger partial charge < -0.3 is 4.90 Å². The Labute approximate surface area is 368 Å². The molecule has 0 bridgehead atoms. The molecule has 296 valence electrons. The molecule has 1 nitrogen and oxygen atoms in total. The maximum absolute atomic E-state index is 2.50. The van der Waals surface area contributed by atoms with Gasteiger partial charge in [0.2, 0.25) is 0 Å². The molecule has 11 aromatic carbocycles. The van der Waals surface area contributed by atoms with E-state index in [1.165, 1.54) is 93.5 Å². The number of hydrogen-bond donors (Lipinski definition) is 0. The molecule has 12 rings (SSSR count). The van der Waals surface area contributed by atoms with E-state index in [2.05, 4.69) is 254 Å². The van der Waals surface area contributed by atoms with Gasteiger partial charge in [0.15, 0.2) is 0 Å². The number of nitrogens with zero attached hydrogens (tertiary/aromatic N) is 1. The maximum Gasteiger partial charge on any atom is 0.0543 e. The highest BCUT2D eigenvalue weighted by molar-refractivity contribution is 6.22. The summed E-state index contributed by atoms with van der Waals surface area (Å²) in [5.74, 6) is 0. The minimum Gasteiger partial charge on any atom is -0.310 e. The molecule has 0 saturated heterocycles. The van der Waals surface area contributed by atoms with E-state index < -0.39 is 0 Å². The zero-order chi connectivity index (χ0) is 41.9. The van der Waals surface area contributed by atoms with Gasteiger partial charge in [-0.25, -0.2) is 0 Å². The van der Waals surface area contributed by atoms with Crippen molar-refractivity contribution in [3.8, 4) is 44.5 Å². The topological polar surface area (TPSA) is 3.24 Å². The van der Waals surface area contributed by atoms with E-state index in [1.54, 1.807) is 0 Å². The van der Waals surface area contributed by atoms with Crippen molar-refractivity contribution < 1.29 is 0 Å². The predicted octanol–water partition coefficient (Wildman–Crippen LogP) is 17.0. The molecule has 0 spiro atoms. The van der Waals surface area contributed by atoms with Gasteiger partial charge in [-0.2, -0.15) is 0 Å². The third-order valence-electron chi connectivity index (χ3n) is 13.5. The fraction of sp³-hybridized carbons (Fsp3) is 0.0323. The van der Waals surface area contributed by atoms with E-state index in [4.69, 9.17) is 0 Å². The van der Waals surface area contributed by atoms with Gasteiger partial charge in [0, 0.05) is 22.4 Å². The van der Waals surface area contributed by atoms with Crippen LogP contribution in [0.3, 0.4) is 0 Å². The zero-order valence-electron chi connectivity index (χ0n) is 35.0. The number of hydrogen-bond acceptors (Lipinski definition) is 1. The quantitative estimate of drug-likeness (QED) is 0.145. The molecule has 63 heavy (non-hydrogen) atoms. The molecule has 11 aromatic rings. The van der Waals surface area contributed by atoms with Crippen molar-refractivity contribution >= 4 is 49.4 Å². The minimum atomic E-state index is -0.331. The first-order valence-electron chi connectivity index (χ1n) is 21.9. The third kappa shape index (κ3) is 5.92. The van der Waals surface area contributed by atoms with Gasteiger partial charge in [-0.15, -0.1) is 0 Å². The Bertz CT molecular complexity index is 3500. The van der Waals surface area contributed by atoms with E-state index in [1.807, 2.05) is 0 Å². The molecule has 1 heteroatoms. The van der Waals surface area contributed by atoms with Crippen LogP contribution in [0.1, 0.15) is 23.6 Å². The van der Waals surface area contributed by atoms with E-state index in [0.29, 0.717) is 0 Å². The van der Waals surface area contributed by atoms with Gasteiger partial charge in [0.05, 0.1) is 5.69 Å². The smallest absolute Gasteiger partial charge is 0.0543 e. The first-order valence-corrected chi connectivity index (χ1v) is 21.9. The second-order valence-corrected chi connectivity index (χ2v) is 16.9. The van der Waals surface area contributed by atoms with E-state index >= 15 is 0 Å². The van der Waals surface area contributed by atoms with Crippen LogP contribution >= 0.6 is 0 Å². The summed E-state index contributed by atoms with van der Waals surface area (Å²) in [6.45, 7) is 2.40. The van der Waals surface area contributed by atoms with E-state index in [9.17, 15) is 0 Å². The molecule has 0 amide bonds. The predicted molar refractivity (Wildman–Crippen MR) is 267 cm³/mol. The second-order valence-electron chi connectivity index (χ2n) is 16.9. The normalized spacial score (nSPS) is 14.2. The molecule has 0 aromatic heterocycles. The van der Waals surface area contributed by atoms with Crippen LogP contribution in [0.4, 0.5) is 17.1 Å². The van der Waals surface area contributed by atoms with Crippen molar-refractivity contribution in [2.75, 3.05) is 4.90 Å². The highest BCUT2D eigenvalue weighted by Gasteiger charge is 2.42. The maximum atomic E-state index is 2.50. The molecule has 0 radical (unpaired) electrons. The first kappa shape index (κ1) is 36.8. The van der Waals surface area contributed by atoms with Gasteiger partial charge in [-0.05, 0) is 131 Å². The van der Waals surface area contributed by atoms with Gasteiger partial charge in [-0.1, -0.05) is 206 Å². The van der Waals surface area contributed by atoms with Crippen LogP contribution in [-0.2, 0) is 5.41 Å². The van der Waals surface area contributed by atoms with Crippen molar-refractivity contribution in [2.45, 2.75) is 12.3 Å². The average molecular weight is 802 g/mol. The Hall–Kier alpha value is -8.00. The van der Waals surface area contributed by atoms with Gasteiger partial charge in [-0.3, -0.25) is 0 Å². The van der Waals surface area contributed by atoms with Crippen LogP contribution in [-0.4, -0.2) is 0 Å². The lowest BCUT2D eigenvalue weighted by Gasteiger charge is -2.31. The van der Waals surface area contributed by atoms with Crippen molar-refractivity contribution in [3.63, 3.8) is 0 Å². The summed E-state index contributed by atoms with van der Waals surface area (Å²) in [5.41, 5.74) is 16.8. The fourth-order valence-electron chi connectivity index (χ4n) is 10.5. The lowest BCUT2D eigenvalue weighted by atomic mass is 9.74. The van der Waals surface area contributed by atoms with Crippen LogP contribution < -0.4 is 4.90 Å². The molecule has 0 fully saturated rings. The average Bonchev–Trinajstić information content (AvgIpc) is 3.63. The number of rotatable bonds is 7. The molecule has 1 aliphatic rings. The lowest BCUT2D eigenvalue weighted by molar-refractivity contribution is 0.714. The van der Waals surface area contributed by atoms with Crippen LogP contribution in [0.15, 0.2) is 243 Å². The lowest BCUT2D eigenvalue weighted by Crippen LogP contribution is -2.22.